The summed E-state index contributed by atoms with van der Waals surface area (Å²) < 4.78 is 15.6. The fourth-order valence-electron chi connectivity index (χ4n) is 1.34. The van der Waals surface area contributed by atoms with E-state index >= 15 is 0 Å². The number of aromatic nitrogens is 2. The summed E-state index contributed by atoms with van der Waals surface area (Å²) >= 11 is 0. The Labute approximate surface area is 106 Å². The zero-order chi connectivity index (χ0) is 13.2. The van der Waals surface area contributed by atoms with Crippen molar-refractivity contribution >= 4 is 0 Å². The van der Waals surface area contributed by atoms with Crippen LogP contribution in [0.5, 0.6) is 5.88 Å². The molecule has 0 aliphatic heterocycles. The van der Waals surface area contributed by atoms with Crippen molar-refractivity contribution in [2.75, 3.05) is 33.5 Å². The lowest BCUT2D eigenvalue weighted by atomic mass is 10.4. The molecule has 18 heavy (non-hydrogen) atoms. The van der Waals surface area contributed by atoms with E-state index in [9.17, 15) is 4.79 Å². The molecule has 102 valence electrons. The van der Waals surface area contributed by atoms with E-state index in [-0.39, 0.29) is 5.56 Å². The van der Waals surface area contributed by atoms with Gasteiger partial charge in [0.1, 0.15) is 12.4 Å². The average Bonchev–Trinajstić information content (AvgIpc) is 2.37. The van der Waals surface area contributed by atoms with Crippen molar-refractivity contribution in [3.63, 3.8) is 0 Å². The maximum absolute atomic E-state index is 11.3. The summed E-state index contributed by atoms with van der Waals surface area (Å²) in [5.41, 5.74) is -0.196. The third kappa shape index (κ3) is 5.79. The van der Waals surface area contributed by atoms with Crippen LogP contribution in [0, 0.1) is 0 Å². The largest absolute Gasteiger partial charge is 0.475 e. The van der Waals surface area contributed by atoms with Gasteiger partial charge in [0.05, 0.1) is 12.7 Å². The predicted octanol–water partition coefficient (Wildman–Crippen LogP) is 0.764. The topological polar surface area (TPSA) is 73.4 Å². The van der Waals surface area contributed by atoms with Crippen LogP contribution in [0.1, 0.15) is 19.2 Å². The van der Waals surface area contributed by atoms with Crippen LogP contribution in [0.2, 0.25) is 0 Å². The van der Waals surface area contributed by atoms with Gasteiger partial charge in [-0.15, -0.1) is 0 Å². The average molecular weight is 256 g/mol. The Kier molecular flexibility index (Phi) is 7.05. The monoisotopic (exact) mass is 256 g/mol. The summed E-state index contributed by atoms with van der Waals surface area (Å²) in [7, 11) is 1.66. The molecule has 1 aromatic rings. The first-order valence-electron chi connectivity index (χ1n) is 6.06. The number of hydrogen-bond donors (Lipinski definition) is 1. The molecule has 0 aromatic carbocycles. The van der Waals surface area contributed by atoms with Crippen LogP contribution < -0.4 is 10.3 Å². The van der Waals surface area contributed by atoms with Crippen LogP contribution >= 0.6 is 0 Å². The van der Waals surface area contributed by atoms with Crippen molar-refractivity contribution in [1.82, 2.24) is 9.97 Å². The second-order valence-electron chi connectivity index (χ2n) is 3.69. The zero-order valence-corrected chi connectivity index (χ0v) is 10.9. The van der Waals surface area contributed by atoms with E-state index < -0.39 is 0 Å². The highest BCUT2D eigenvalue weighted by atomic mass is 16.5. The van der Waals surface area contributed by atoms with E-state index in [1.165, 1.54) is 6.07 Å². The molecule has 0 fully saturated rings. The molecule has 1 aromatic heterocycles. The molecule has 0 radical (unpaired) electrons. The van der Waals surface area contributed by atoms with Crippen molar-refractivity contribution in [3.8, 4) is 5.88 Å². The minimum atomic E-state index is -0.196. The van der Waals surface area contributed by atoms with Gasteiger partial charge >= 0.3 is 0 Å². The van der Waals surface area contributed by atoms with Crippen molar-refractivity contribution in [2.24, 2.45) is 0 Å². The molecule has 0 aliphatic rings. The molecule has 1 N–H and O–H groups in total. The Hall–Kier alpha value is -1.40. The predicted molar refractivity (Wildman–Crippen MR) is 67.0 cm³/mol. The summed E-state index contributed by atoms with van der Waals surface area (Å²) in [6.07, 6.45) is 1.53. The molecule has 0 saturated heterocycles. The van der Waals surface area contributed by atoms with Gasteiger partial charge in [-0.25, -0.2) is 4.98 Å². The van der Waals surface area contributed by atoms with Gasteiger partial charge in [0.2, 0.25) is 5.88 Å². The van der Waals surface area contributed by atoms with Crippen molar-refractivity contribution in [3.05, 3.63) is 22.2 Å². The van der Waals surface area contributed by atoms with Gasteiger partial charge in [-0.1, -0.05) is 6.92 Å². The van der Waals surface area contributed by atoms with E-state index in [4.69, 9.17) is 14.2 Å². The lowest BCUT2D eigenvalue weighted by molar-refractivity contribution is 0.0794. The molecule has 0 aliphatic carbocycles. The number of aromatic amines is 1. The number of hydrogen-bond acceptors (Lipinski definition) is 5. The van der Waals surface area contributed by atoms with Crippen LogP contribution in [0.3, 0.4) is 0 Å². The molecule has 0 atom stereocenters. The fraction of sp³-hybridized carbons (Fsp3) is 0.667. The highest BCUT2D eigenvalue weighted by Gasteiger charge is 2.00. The quantitative estimate of drug-likeness (QED) is 0.660. The molecule has 1 rings (SSSR count). The number of methoxy groups -OCH3 is 1. The number of ether oxygens (including phenoxy) is 3. The van der Waals surface area contributed by atoms with Gasteiger partial charge in [-0.05, 0) is 6.42 Å². The number of H-pyrrole nitrogens is 1. The van der Waals surface area contributed by atoms with Crippen LogP contribution in [-0.4, -0.2) is 43.5 Å². The molecule has 6 nitrogen and oxygen atoms in total. The summed E-state index contributed by atoms with van der Waals surface area (Å²) in [6, 6.07) is 1.34. The number of nitrogens with zero attached hydrogens (tertiary/aromatic N) is 1. The summed E-state index contributed by atoms with van der Waals surface area (Å²) in [5.74, 6) is 0.967. The maximum atomic E-state index is 11.3. The molecular weight excluding hydrogens is 236 g/mol. The molecule has 0 saturated carbocycles. The van der Waals surface area contributed by atoms with E-state index in [2.05, 4.69) is 9.97 Å². The van der Waals surface area contributed by atoms with Gasteiger partial charge in [-0.3, -0.25) is 4.79 Å². The highest BCUT2D eigenvalue weighted by Crippen LogP contribution is 2.02. The lowest BCUT2D eigenvalue weighted by Crippen LogP contribution is -2.14. The lowest BCUT2D eigenvalue weighted by Gasteiger charge is -2.06. The van der Waals surface area contributed by atoms with Gasteiger partial charge in [0.15, 0.2) is 0 Å². The minimum absolute atomic E-state index is 0.196. The smallest absolute Gasteiger partial charge is 0.254 e. The molecular formula is C12H20N2O4. The SMILES string of the molecule is CCc1nc(OCCOCCCOC)cc(=O)[nH]1. The summed E-state index contributed by atoms with van der Waals surface area (Å²) in [5, 5.41) is 0. The molecule has 0 amide bonds. The fourth-order valence-corrected chi connectivity index (χ4v) is 1.34. The van der Waals surface area contributed by atoms with E-state index in [0.29, 0.717) is 44.6 Å². The second kappa shape index (κ2) is 8.66. The zero-order valence-electron chi connectivity index (χ0n) is 10.9. The van der Waals surface area contributed by atoms with Crippen LogP contribution in [0.15, 0.2) is 10.9 Å². The highest BCUT2D eigenvalue weighted by molar-refractivity contribution is 5.08. The van der Waals surface area contributed by atoms with Gasteiger partial charge < -0.3 is 19.2 Å². The van der Waals surface area contributed by atoms with Crippen LogP contribution in [0.4, 0.5) is 0 Å². The van der Waals surface area contributed by atoms with Crippen molar-refractivity contribution in [1.29, 1.82) is 0 Å². The van der Waals surface area contributed by atoms with E-state index in [0.717, 1.165) is 6.42 Å². The Balaban J connectivity index is 2.23. The second-order valence-corrected chi connectivity index (χ2v) is 3.69. The van der Waals surface area contributed by atoms with Crippen molar-refractivity contribution < 1.29 is 14.2 Å². The Bertz CT molecular complexity index is 392. The number of aryl methyl sites for hydroxylation is 1. The first-order valence-corrected chi connectivity index (χ1v) is 6.06. The standard InChI is InChI=1S/C12H20N2O4/c1-3-10-13-11(15)9-12(14-10)18-8-7-17-6-4-5-16-2/h9H,3-8H2,1-2H3,(H,13,14,15). The van der Waals surface area contributed by atoms with Gasteiger partial charge in [0.25, 0.3) is 5.56 Å². The molecule has 0 unspecified atom stereocenters. The molecule has 6 heteroatoms. The summed E-state index contributed by atoms with van der Waals surface area (Å²) in [6.45, 7) is 4.10. The first-order chi connectivity index (χ1) is 8.76. The van der Waals surface area contributed by atoms with E-state index in [1.807, 2.05) is 6.92 Å². The number of nitrogens with one attached hydrogen (secondary N) is 1. The maximum Gasteiger partial charge on any atom is 0.254 e. The van der Waals surface area contributed by atoms with Crippen molar-refractivity contribution in [2.45, 2.75) is 19.8 Å². The van der Waals surface area contributed by atoms with Gasteiger partial charge in [0, 0.05) is 26.7 Å². The Morgan fingerprint density at radius 2 is 2.11 bits per heavy atom. The third-order valence-corrected chi connectivity index (χ3v) is 2.22. The van der Waals surface area contributed by atoms with Crippen LogP contribution in [0.25, 0.3) is 0 Å². The molecule has 1 heterocycles. The number of rotatable bonds is 9. The molecule has 0 bridgehead atoms. The minimum Gasteiger partial charge on any atom is -0.475 e. The first kappa shape index (κ1) is 14.7. The summed E-state index contributed by atoms with van der Waals surface area (Å²) in [4.78, 5) is 18.0. The van der Waals surface area contributed by atoms with E-state index in [1.54, 1.807) is 7.11 Å². The third-order valence-electron chi connectivity index (χ3n) is 2.22. The Morgan fingerprint density at radius 3 is 2.83 bits per heavy atom. The Morgan fingerprint density at radius 1 is 1.28 bits per heavy atom. The normalized spacial score (nSPS) is 10.6. The van der Waals surface area contributed by atoms with Gasteiger partial charge in [-0.2, -0.15) is 0 Å². The van der Waals surface area contributed by atoms with Crippen LogP contribution in [-0.2, 0) is 15.9 Å². The molecule has 0 spiro atoms.